The summed E-state index contributed by atoms with van der Waals surface area (Å²) in [5.41, 5.74) is -0.140. The molecule has 3 saturated heterocycles. The van der Waals surface area contributed by atoms with Gasteiger partial charge in [0.1, 0.15) is 17.3 Å². The van der Waals surface area contributed by atoms with Gasteiger partial charge in [0.25, 0.3) is 0 Å². The quantitative estimate of drug-likeness (QED) is 0.599. The maximum Gasteiger partial charge on any atom is 0.210 e. The number of Topliss-reactive ketones (excluding diaryl/α,β-unsaturated/α-hetero) is 1. The second-order valence-electron chi connectivity index (χ2n) is 12.8. The summed E-state index contributed by atoms with van der Waals surface area (Å²) in [6.45, 7) is 9.78. The maximum atomic E-state index is 14.3. The first kappa shape index (κ1) is 22.9. The zero-order chi connectivity index (χ0) is 24.5. The summed E-state index contributed by atoms with van der Waals surface area (Å²) in [4.78, 5) is 14.3. The standard InChI is InChI=1S/C28H38O7/c1-14-17-8-9-18-26-13-34-28(32-5,27(18,20(14)29)23(17)31-4)21(30)19(26)25(2,3)12-16-11-15-7-6-10-33-24(15)35-22(16)26/h15,17-19,21,23-24,30H,1,6-13H2,2-5H3/t15-,17-,18-,19+,21-,23+,24+,26-,27-,28-/m0/s1. The molecule has 3 saturated carbocycles. The van der Waals surface area contributed by atoms with Crippen molar-refractivity contribution < 1.29 is 33.6 Å². The van der Waals surface area contributed by atoms with Gasteiger partial charge in [-0.3, -0.25) is 4.79 Å². The molecule has 7 heteroatoms. The molecule has 2 spiro atoms. The number of allylic oxidation sites excluding steroid dienone is 1. The van der Waals surface area contributed by atoms with E-state index < -0.39 is 28.8 Å². The summed E-state index contributed by atoms with van der Waals surface area (Å²) in [5, 5.41) is 12.3. The van der Waals surface area contributed by atoms with Gasteiger partial charge < -0.3 is 28.8 Å². The van der Waals surface area contributed by atoms with Gasteiger partial charge in [-0.25, -0.2) is 0 Å². The van der Waals surface area contributed by atoms with Gasteiger partial charge in [-0.15, -0.1) is 0 Å². The number of hydrogen-bond donors (Lipinski definition) is 1. The lowest BCUT2D eigenvalue weighted by Crippen LogP contribution is -2.84. The van der Waals surface area contributed by atoms with Crippen LogP contribution in [0.3, 0.4) is 0 Å². The zero-order valence-electron chi connectivity index (χ0n) is 21.3. The van der Waals surface area contributed by atoms with Gasteiger partial charge in [0.2, 0.25) is 12.1 Å². The monoisotopic (exact) mass is 486 g/mol. The molecule has 0 unspecified atom stereocenters. The molecule has 0 aromatic heterocycles. The lowest BCUT2D eigenvalue weighted by molar-refractivity contribution is -0.451. The highest BCUT2D eigenvalue weighted by molar-refractivity contribution is 6.05. The average molecular weight is 487 g/mol. The van der Waals surface area contributed by atoms with Crippen LogP contribution in [0.4, 0.5) is 0 Å². The van der Waals surface area contributed by atoms with Crippen molar-refractivity contribution in [2.24, 2.45) is 39.9 Å². The van der Waals surface area contributed by atoms with Crippen molar-refractivity contribution in [2.45, 2.75) is 76.7 Å². The molecule has 0 aromatic rings. The van der Waals surface area contributed by atoms with Gasteiger partial charge in [0, 0.05) is 32.0 Å². The van der Waals surface area contributed by atoms with Crippen molar-refractivity contribution in [3.05, 3.63) is 23.5 Å². The van der Waals surface area contributed by atoms with Crippen LogP contribution in [-0.2, 0) is 28.5 Å². The minimum atomic E-state index is -1.48. The first-order valence-electron chi connectivity index (χ1n) is 13.3. The largest absolute Gasteiger partial charge is 0.468 e. The normalized spacial score (nSPS) is 53.5. The van der Waals surface area contributed by atoms with E-state index in [4.69, 9.17) is 23.7 Å². The number of aliphatic hydroxyl groups excluding tert-OH is 1. The molecular weight excluding hydrogens is 448 g/mol. The lowest BCUT2D eigenvalue weighted by atomic mass is 9.36. The van der Waals surface area contributed by atoms with Crippen molar-refractivity contribution in [3.63, 3.8) is 0 Å². The van der Waals surface area contributed by atoms with E-state index in [-0.39, 0.29) is 35.2 Å². The third kappa shape index (κ3) is 2.27. The summed E-state index contributed by atoms with van der Waals surface area (Å²) in [6, 6.07) is 0. The van der Waals surface area contributed by atoms with E-state index in [1.165, 1.54) is 5.57 Å². The molecule has 0 radical (unpaired) electrons. The van der Waals surface area contributed by atoms with Gasteiger partial charge in [0.05, 0.1) is 24.7 Å². The number of hydrogen-bond acceptors (Lipinski definition) is 7. The van der Waals surface area contributed by atoms with Crippen molar-refractivity contribution >= 4 is 5.78 Å². The Balaban J connectivity index is 1.50. The van der Waals surface area contributed by atoms with E-state index in [9.17, 15) is 9.90 Å². The highest BCUT2D eigenvalue weighted by Crippen LogP contribution is 2.79. The van der Waals surface area contributed by atoms with Crippen molar-refractivity contribution in [3.8, 4) is 0 Å². The van der Waals surface area contributed by atoms with Crippen molar-refractivity contribution in [1.82, 2.24) is 0 Å². The van der Waals surface area contributed by atoms with Crippen LogP contribution >= 0.6 is 0 Å². The fourth-order valence-corrected chi connectivity index (χ4v) is 10.4. The molecule has 6 fully saturated rings. The van der Waals surface area contributed by atoms with E-state index in [0.717, 1.165) is 44.3 Å². The molecule has 4 heterocycles. The van der Waals surface area contributed by atoms with E-state index in [1.54, 1.807) is 14.2 Å². The first-order chi connectivity index (χ1) is 16.7. The highest BCUT2D eigenvalue weighted by Gasteiger charge is 2.88. The van der Waals surface area contributed by atoms with Crippen LogP contribution in [0.5, 0.6) is 0 Å². The summed E-state index contributed by atoms with van der Waals surface area (Å²) < 4.78 is 31.9. The summed E-state index contributed by atoms with van der Waals surface area (Å²) in [7, 11) is 3.23. The fourth-order valence-electron chi connectivity index (χ4n) is 10.4. The first-order valence-corrected chi connectivity index (χ1v) is 13.3. The van der Waals surface area contributed by atoms with E-state index in [0.29, 0.717) is 24.7 Å². The van der Waals surface area contributed by atoms with Gasteiger partial charge in [-0.1, -0.05) is 20.4 Å². The molecule has 7 nitrogen and oxygen atoms in total. The Morgan fingerprint density at radius 2 is 1.97 bits per heavy atom. The maximum absolute atomic E-state index is 14.3. The Morgan fingerprint density at radius 1 is 1.17 bits per heavy atom. The Labute approximate surface area is 207 Å². The van der Waals surface area contributed by atoms with Crippen LogP contribution in [0.1, 0.15) is 52.4 Å². The van der Waals surface area contributed by atoms with Crippen LogP contribution in [0.2, 0.25) is 0 Å². The Bertz CT molecular complexity index is 1030. The summed E-state index contributed by atoms with van der Waals surface area (Å²) in [6.07, 6.45) is 3.86. The predicted molar refractivity (Wildman–Crippen MR) is 125 cm³/mol. The fraction of sp³-hybridized carbons (Fsp3) is 0.821. The second kappa shape index (κ2) is 6.98. The van der Waals surface area contributed by atoms with E-state index in [2.05, 4.69) is 20.4 Å². The number of rotatable bonds is 2. The van der Waals surface area contributed by atoms with Crippen molar-refractivity contribution in [2.75, 3.05) is 27.4 Å². The summed E-state index contributed by atoms with van der Waals surface area (Å²) in [5.74, 6) is -0.687. The molecule has 35 heavy (non-hydrogen) atoms. The minimum absolute atomic E-state index is 0.0663. The molecule has 1 N–H and O–H groups in total. The average Bonchev–Trinajstić information content (AvgIpc) is 2.97. The number of methoxy groups -OCH3 is 2. The number of ketones is 1. The Morgan fingerprint density at radius 3 is 2.71 bits per heavy atom. The molecular formula is C28H38O7. The number of aliphatic hydroxyl groups is 1. The molecule has 10 atom stereocenters. The Hall–Kier alpha value is -1.25. The van der Waals surface area contributed by atoms with Gasteiger partial charge in [-0.05, 0) is 61.0 Å². The predicted octanol–water partition coefficient (Wildman–Crippen LogP) is 3.36. The van der Waals surface area contributed by atoms with E-state index in [1.807, 2.05) is 0 Å². The molecule has 192 valence electrons. The zero-order valence-corrected chi connectivity index (χ0v) is 21.3. The van der Waals surface area contributed by atoms with Crippen LogP contribution in [-0.4, -0.2) is 62.6 Å². The molecule has 0 amide bonds. The molecule has 0 aromatic carbocycles. The van der Waals surface area contributed by atoms with Gasteiger partial charge in [0.15, 0.2) is 5.78 Å². The molecule has 4 aliphatic heterocycles. The van der Waals surface area contributed by atoms with Crippen LogP contribution in [0.15, 0.2) is 23.5 Å². The van der Waals surface area contributed by atoms with Crippen LogP contribution < -0.4 is 0 Å². The molecule has 4 aliphatic carbocycles. The third-order valence-electron chi connectivity index (χ3n) is 11.2. The van der Waals surface area contributed by atoms with Crippen LogP contribution in [0, 0.1) is 39.9 Å². The SMILES string of the molecule is C=C1C(=O)[C@]23[C@H](OC)[C@H]1CC[C@H]2[C@@]12CO[C@@]3(OC)[C@@H](O)[C@@H]1C(C)(C)CC1=C2O[C@H]2OCCC[C@H]2C1. The second-order valence-corrected chi connectivity index (χ2v) is 12.8. The topological polar surface area (TPSA) is 83.5 Å². The lowest BCUT2D eigenvalue weighted by Gasteiger charge is -2.75. The smallest absolute Gasteiger partial charge is 0.210 e. The summed E-state index contributed by atoms with van der Waals surface area (Å²) >= 11 is 0. The van der Waals surface area contributed by atoms with Gasteiger partial charge in [-0.2, -0.15) is 0 Å². The molecule has 8 aliphatic rings. The minimum Gasteiger partial charge on any atom is -0.468 e. The van der Waals surface area contributed by atoms with E-state index >= 15 is 0 Å². The van der Waals surface area contributed by atoms with Gasteiger partial charge >= 0.3 is 0 Å². The molecule has 8 rings (SSSR count). The van der Waals surface area contributed by atoms with Crippen molar-refractivity contribution in [1.29, 1.82) is 0 Å². The number of carbonyl (C=O) groups excluding carboxylic acids is 1. The third-order valence-corrected chi connectivity index (χ3v) is 11.2. The number of carbonyl (C=O) groups is 1. The highest BCUT2D eigenvalue weighted by atomic mass is 16.7. The Kier molecular flexibility index (Phi) is 4.57. The molecule has 4 bridgehead atoms. The number of fused-ring (bicyclic) bond motifs is 3. The van der Waals surface area contributed by atoms with Crippen LogP contribution in [0.25, 0.3) is 0 Å². The number of ether oxygens (including phenoxy) is 5.